The summed E-state index contributed by atoms with van der Waals surface area (Å²) >= 11 is 6.24. The first-order chi connectivity index (χ1) is 15.9. The molecular formula is C27H26ClN3O2. The van der Waals surface area contributed by atoms with Crippen LogP contribution in [0.5, 0.6) is 0 Å². The fourth-order valence-corrected chi connectivity index (χ4v) is 4.09. The Kier molecular flexibility index (Phi) is 6.80. The van der Waals surface area contributed by atoms with Crippen molar-refractivity contribution in [1.82, 2.24) is 9.88 Å². The van der Waals surface area contributed by atoms with E-state index in [1.165, 1.54) is 5.56 Å². The van der Waals surface area contributed by atoms with Crippen LogP contribution in [0.3, 0.4) is 0 Å². The smallest absolute Gasteiger partial charge is 0.321 e. The van der Waals surface area contributed by atoms with E-state index in [2.05, 4.69) is 29.4 Å². The maximum absolute atomic E-state index is 13.2. The number of halogens is 1. The molecule has 4 aromatic rings. The first kappa shape index (κ1) is 22.6. The number of carbonyl (C=O) groups is 1. The highest BCUT2D eigenvalue weighted by Gasteiger charge is 2.18. The molecule has 0 saturated heterocycles. The zero-order valence-corrected chi connectivity index (χ0v) is 19.4. The van der Waals surface area contributed by atoms with Crippen molar-refractivity contribution in [3.63, 3.8) is 0 Å². The third kappa shape index (κ3) is 5.26. The number of benzene rings is 3. The van der Waals surface area contributed by atoms with Gasteiger partial charge in [0, 0.05) is 12.1 Å². The fraction of sp³-hybridized carbons (Fsp3) is 0.185. The summed E-state index contributed by atoms with van der Waals surface area (Å²) < 4.78 is 0. The van der Waals surface area contributed by atoms with Crippen molar-refractivity contribution in [2.45, 2.75) is 26.8 Å². The van der Waals surface area contributed by atoms with Crippen molar-refractivity contribution in [1.29, 1.82) is 0 Å². The topological polar surface area (TPSA) is 65.2 Å². The number of anilines is 1. The molecule has 168 valence electrons. The highest BCUT2D eigenvalue weighted by atomic mass is 35.5. The molecule has 0 atom stereocenters. The zero-order valence-electron chi connectivity index (χ0n) is 18.7. The summed E-state index contributed by atoms with van der Waals surface area (Å²) in [6.45, 7) is 4.65. The van der Waals surface area contributed by atoms with Crippen LogP contribution in [-0.4, -0.2) is 22.5 Å². The highest BCUT2D eigenvalue weighted by Crippen LogP contribution is 2.22. The van der Waals surface area contributed by atoms with Crippen LogP contribution in [0.1, 0.15) is 22.3 Å². The van der Waals surface area contributed by atoms with E-state index in [-0.39, 0.29) is 18.1 Å². The summed E-state index contributed by atoms with van der Waals surface area (Å²) in [5.74, 6) is 0. The minimum Gasteiger partial charge on any atom is -0.321 e. The van der Waals surface area contributed by atoms with Crippen LogP contribution in [-0.2, 0) is 13.0 Å². The van der Waals surface area contributed by atoms with Crippen LogP contribution < -0.4 is 10.9 Å². The number of nitrogens with one attached hydrogen (secondary N) is 2. The van der Waals surface area contributed by atoms with E-state index in [9.17, 15) is 9.59 Å². The van der Waals surface area contributed by atoms with Gasteiger partial charge in [-0.1, -0.05) is 66.2 Å². The second-order valence-corrected chi connectivity index (χ2v) is 8.58. The number of aromatic amines is 1. The predicted molar refractivity (Wildman–Crippen MR) is 135 cm³/mol. The predicted octanol–water partition coefficient (Wildman–Crippen LogP) is 6.08. The molecule has 2 amide bonds. The standard InChI is InChI=1S/C27H26ClN3O2/c1-18-8-3-4-10-20(18)14-15-31(27(33)29-24-13-6-5-12-23(24)28)17-22-16-21-11-7-9-19(2)25(21)30-26(22)32/h3-13,16H,14-15,17H2,1-2H3,(H,29,33)(H,30,32). The SMILES string of the molecule is Cc1ccccc1CCN(Cc1cc2cccc(C)c2[nH]c1=O)C(=O)Nc1ccccc1Cl. The minimum atomic E-state index is -0.305. The molecule has 33 heavy (non-hydrogen) atoms. The van der Waals surface area contributed by atoms with E-state index >= 15 is 0 Å². The van der Waals surface area contributed by atoms with Crippen LogP contribution in [0.25, 0.3) is 10.9 Å². The number of fused-ring (bicyclic) bond motifs is 1. The quantitative estimate of drug-likeness (QED) is 0.367. The summed E-state index contributed by atoms with van der Waals surface area (Å²) in [7, 11) is 0. The second kappa shape index (κ2) is 9.92. The van der Waals surface area contributed by atoms with Gasteiger partial charge in [0.05, 0.1) is 22.8 Å². The average molecular weight is 460 g/mol. The van der Waals surface area contributed by atoms with Gasteiger partial charge in [-0.3, -0.25) is 4.79 Å². The Morgan fingerprint density at radius 1 is 0.939 bits per heavy atom. The van der Waals surface area contributed by atoms with E-state index in [4.69, 9.17) is 11.6 Å². The molecule has 1 aromatic heterocycles. The maximum Gasteiger partial charge on any atom is 0.322 e. The Morgan fingerprint density at radius 2 is 1.67 bits per heavy atom. The highest BCUT2D eigenvalue weighted by molar-refractivity contribution is 6.33. The molecule has 3 aromatic carbocycles. The summed E-state index contributed by atoms with van der Waals surface area (Å²) in [5.41, 5.74) is 5.03. The van der Waals surface area contributed by atoms with Crippen molar-refractivity contribution in [3.8, 4) is 0 Å². The summed E-state index contributed by atoms with van der Waals surface area (Å²) in [6, 6.07) is 22.7. The van der Waals surface area contributed by atoms with Crippen LogP contribution in [0.15, 0.2) is 77.6 Å². The first-order valence-electron chi connectivity index (χ1n) is 10.9. The van der Waals surface area contributed by atoms with Crippen LogP contribution >= 0.6 is 11.6 Å². The molecule has 0 fully saturated rings. The average Bonchev–Trinajstić information content (AvgIpc) is 2.80. The molecule has 0 aliphatic rings. The Hall–Kier alpha value is -3.57. The van der Waals surface area contributed by atoms with Crippen molar-refractivity contribution in [3.05, 3.63) is 110 Å². The molecule has 2 N–H and O–H groups in total. The number of carbonyl (C=O) groups excluding carboxylic acids is 1. The van der Waals surface area contributed by atoms with Crippen LogP contribution in [0.4, 0.5) is 10.5 Å². The maximum atomic E-state index is 13.2. The molecule has 4 rings (SSSR count). The van der Waals surface area contributed by atoms with Crippen molar-refractivity contribution < 1.29 is 4.79 Å². The number of rotatable bonds is 6. The number of amides is 2. The lowest BCUT2D eigenvalue weighted by atomic mass is 10.1. The van der Waals surface area contributed by atoms with Gasteiger partial charge in [-0.25, -0.2) is 4.79 Å². The molecule has 0 saturated carbocycles. The van der Waals surface area contributed by atoms with Gasteiger partial charge < -0.3 is 15.2 Å². The van der Waals surface area contributed by atoms with Gasteiger partial charge in [0.15, 0.2) is 0 Å². The lowest BCUT2D eigenvalue weighted by molar-refractivity contribution is 0.209. The molecule has 1 heterocycles. The first-order valence-corrected chi connectivity index (χ1v) is 11.3. The van der Waals surface area contributed by atoms with Gasteiger partial charge in [0.25, 0.3) is 5.56 Å². The number of H-pyrrole nitrogens is 1. The van der Waals surface area contributed by atoms with E-state index in [0.29, 0.717) is 29.2 Å². The van der Waals surface area contributed by atoms with E-state index in [1.807, 2.05) is 55.5 Å². The van der Waals surface area contributed by atoms with Crippen LogP contribution in [0, 0.1) is 13.8 Å². The molecule has 0 bridgehead atoms. The number of hydrogen-bond acceptors (Lipinski definition) is 2. The van der Waals surface area contributed by atoms with Gasteiger partial charge in [-0.2, -0.15) is 0 Å². The Bertz CT molecular complexity index is 1360. The monoisotopic (exact) mass is 459 g/mol. The second-order valence-electron chi connectivity index (χ2n) is 8.17. The third-order valence-corrected chi connectivity index (χ3v) is 6.17. The number of para-hydroxylation sites is 2. The van der Waals surface area contributed by atoms with E-state index in [1.54, 1.807) is 17.0 Å². The lowest BCUT2D eigenvalue weighted by Gasteiger charge is -2.24. The minimum absolute atomic E-state index is 0.182. The molecule has 0 aliphatic carbocycles. The zero-order chi connectivity index (χ0) is 23.4. The number of nitrogens with zero attached hydrogens (tertiary/aromatic N) is 1. The van der Waals surface area contributed by atoms with E-state index in [0.717, 1.165) is 22.0 Å². The number of urea groups is 1. The molecule has 5 nitrogen and oxygen atoms in total. The molecule has 0 radical (unpaired) electrons. The van der Waals surface area contributed by atoms with Crippen molar-refractivity contribution in [2.24, 2.45) is 0 Å². The molecule has 6 heteroatoms. The summed E-state index contributed by atoms with van der Waals surface area (Å²) in [4.78, 5) is 30.7. The molecule has 0 unspecified atom stereocenters. The van der Waals surface area contributed by atoms with Gasteiger partial charge in [0.1, 0.15) is 0 Å². The largest absolute Gasteiger partial charge is 0.322 e. The molecule has 0 aliphatic heterocycles. The van der Waals surface area contributed by atoms with Crippen LogP contribution in [0.2, 0.25) is 5.02 Å². The summed E-state index contributed by atoms with van der Waals surface area (Å²) in [6.07, 6.45) is 0.674. The number of hydrogen-bond donors (Lipinski definition) is 2. The molecule has 0 spiro atoms. The Labute approximate surface area is 198 Å². The van der Waals surface area contributed by atoms with Crippen molar-refractivity contribution in [2.75, 3.05) is 11.9 Å². The van der Waals surface area contributed by atoms with Crippen molar-refractivity contribution >= 4 is 34.2 Å². The Balaban J connectivity index is 1.63. The normalized spacial score (nSPS) is 10.9. The van der Waals surface area contributed by atoms with Gasteiger partial charge in [-0.05, 0) is 60.5 Å². The number of aryl methyl sites for hydroxylation is 2. The number of pyridine rings is 1. The summed E-state index contributed by atoms with van der Waals surface area (Å²) in [5, 5.41) is 4.29. The fourth-order valence-electron chi connectivity index (χ4n) is 3.91. The van der Waals surface area contributed by atoms with Gasteiger partial charge in [-0.15, -0.1) is 0 Å². The number of aromatic nitrogens is 1. The van der Waals surface area contributed by atoms with Gasteiger partial charge in [0.2, 0.25) is 0 Å². The third-order valence-electron chi connectivity index (χ3n) is 5.84. The molecular weight excluding hydrogens is 434 g/mol. The Morgan fingerprint density at radius 3 is 2.45 bits per heavy atom. The van der Waals surface area contributed by atoms with Gasteiger partial charge >= 0.3 is 6.03 Å². The lowest BCUT2D eigenvalue weighted by Crippen LogP contribution is -2.37. The van der Waals surface area contributed by atoms with E-state index < -0.39 is 0 Å².